The lowest BCUT2D eigenvalue weighted by Crippen LogP contribution is -2.38. The molecular formula is C25H17F2I2N3O4. The Kier molecular flexibility index (Phi) is 8.18. The molecule has 11 heteroatoms. The molecule has 0 spiro atoms. The zero-order valence-corrected chi connectivity index (χ0v) is 22.7. The number of nitrogens with zero attached hydrogens (tertiary/aromatic N) is 1. The lowest BCUT2D eigenvalue weighted by Gasteiger charge is -2.12. The molecule has 1 fully saturated rings. The lowest BCUT2D eigenvalue weighted by atomic mass is 10.2. The number of carbonyl (C=O) groups excluding carboxylic acids is 3. The van der Waals surface area contributed by atoms with Crippen molar-refractivity contribution in [3.05, 3.63) is 96.3 Å². The van der Waals surface area contributed by atoms with Crippen LogP contribution in [0.4, 0.5) is 19.3 Å². The van der Waals surface area contributed by atoms with E-state index in [2.05, 4.69) is 55.8 Å². The highest BCUT2D eigenvalue weighted by Gasteiger charge is 2.35. The number of halogens is 4. The number of urea groups is 1. The Bertz CT molecular complexity index is 1370. The molecule has 0 aromatic heterocycles. The number of hydrogen-bond donors (Lipinski definition) is 2. The van der Waals surface area contributed by atoms with Crippen LogP contribution >= 0.6 is 45.2 Å². The Labute approximate surface area is 232 Å². The summed E-state index contributed by atoms with van der Waals surface area (Å²) in [5, 5.41) is 4.81. The van der Waals surface area contributed by atoms with E-state index in [1.807, 2.05) is 0 Å². The quantitative estimate of drug-likeness (QED) is 0.198. The van der Waals surface area contributed by atoms with Gasteiger partial charge < -0.3 is 15.4 Å². The molecule has 0 saturated carbocycles. The third kappa shape index (κ3) is 6.19. The number of amides is 4. The Morgan fingerprint density at radius 2 is 1.75 bits per heavy atom. The average Bonchev–Trinajstić information content (AvgIpc) is 3.07. The van der Waals surface area contributed by atoms with Crippen LogP contribution in [-0.2, 0) is 16.2 Å². The number of ether oxygens (including phenoxy) is 1. The van der Waals surface area contributed by atoms with Crippen LogP contribution in [-0.4, -0.2) is 29.3 Å². The zero-order valence-electron chi connectivity index (χ0n) is 18.4. The number of rotatable bonds is 7. The van der Waals surface area contributed by atoms with Crippen LogP contribution in [0.5, 0.6) is 5.75 Å². The lowest BCUT2D eigenvalue weighted by molar-refractivity contribution is -0.127. The van der Waals surface area contributed by atoms with Crippen LogP contribution < -0.4 is 15.4 Å². The fourth-order valence-electron chi connectivity index (χ4n) is 3.36. The molecule has 1 saturated heterocycles. The first kappa shape index (κ1) is 26.0. The van der Waals surface area contributed by atoms with Crippen molar-refractivity contribution in [2.24, 2.45) is 0 Å². The summed E-state index contributed by atoms with van der Waals surface area (Å²) in [7, 11) is 0. The number of benzene rings is 3. The molecule has 1 aliphatic rings. The zero-order chi connectivity index (χ0) is 25.8. The largest absolute Gasteiger partial charge is 0.487 e. The van der Waals surface area contributed by atoms with Gasteiger partial charge >= 0.3 is 6.03 Å². The highest BCUT2D eigenvalue weighted by atomic mass is 127. The molecule has 2 N–H and O–H groups in total. The maximum absolute atomic E-state index is 13.8. The minimum Gasteiger partial charge on any atom is -0.487 e. The van der Waals surface area contributed by atoms with Crippen LogP contribution in [0, 0.1) is 18.8 Å². The molecule has 0 atom stereocenters. The highest BCUT2D eigenvalue weighted by molar-refractivity contribution is 14.1. The van der Waals surface area contributed by atoms with Gasteiger partial charge in [-0.2, -0.15) is 0 Å². The number of carbonyl (C=O) groups is 3. The van der Waals surface area contributed by atoms with E-state index < -0.39 is 30.2 Å². The molecule has 1 aliphatic heterocycles. The molecule has 4 amide bonds. The van der Waals surface area contributed by atoms with E-state index in [1.165, 1.54) is 36.4 Å². The van der Waals surface area contributed by atoms with Gasteiger partial charge in [-0.25, -0.2) is 18.5 Å². The molecule has 36 heavy (non-hydrogen) atoms. The molecule has 3 aromatic rings. The van der Waals surface area contributed by atoms with Crippen molar-refractivity contribution in [2.75, 3.05) is 11.9 Å². The van der Waals surface area contributed by atoms with Crippen LogP contribution in [0.1, 0.15) is 11.1 Å². The van der Waals surface area contributed by atoms with E-state index in [1.54, 1.807) is 30.3 Å². The predicted molar refractivity (Wildman–Crippen MR) is 146 cm³/mol. The van der Waals surface area contributed by atoms with Crippen molar-refractivity contribution >= 4 is 74.8 Å². The van der Waals surface area contributed by atoms with Gasteiger partial charge in [0.2, 0.25) is 5.91 Å². The van der Waals surface area contributed by atoms with E-state index in [0.717, 1.165) is 12.0 Å². The molecule has 0 aliphatic carbocycles. The molecular weight excluding hydrogens is 698 g/mol. The second-order valence-corrected chi connectivity index (χ2v) is 9.96. The Balaban J connectivity index is 1.44. The second-order valence-electron chi connectivity index (χ2n) is 7.64. The number of anilines is 1. The predicted octanol–water partition coefficient (Wildman–Crippen LogP) is 5.28. The summed E-state index contributed by atoms with van der Waals surface area (Å²) in [6, 6.07) is 14.5. The first-order valence-electron chi connectivity index (χ1n) is 10.5. The van der Waals surface area contributed by atoms with Crippen molar-refractivity contribution in [1.82, 2.24) is 10.2 Å². The maximum Gasteiger partial charge on any atom is 0.329 e. The number of hydrogen-bond acceptors (Lipinski definition) is 4. The Morgan fingerprint density at radius 3 is 2.44 bits per heavy atom. The summed E-state index contributed by atoms with van der Waals surface area (Å²) in [5.74, 6) is -1.76. The van der Waals surface area contributed by atoms with Gasteiger partial charge in [0.05, 0.1) is 12.8 Å². The van der Waals surface area contributed by atoms with Crippen molar-refractivity contribution in [3.63, 3.8) is 0 Å². The smallest absolute Gasteiger partial charge is 0.329 e. The van der Waals surface area contributed by atoms with E-state index in [0.29, 0.717) is 16.9 Å². The number of imide groups is 1. The SMILES string of the molecule is O=C(CN1C(=O)N/C(=C/c2cc(I)c(OCc3cccc(F)c3)c(I)c2)C1=O)Nc1ccccc1F. The van der Waals surface area contributed by atoms with Gasteiger partial charge in [0, 0.05) is 0 Å². The number of nitrogens with one attached hydrogen (secondary N) is 2. The van der Waals surface area contributed by atoms with Crippen LogP contribution in [0.3, 0.4) is 0 Å². The van der Waals surface area contributed by atoms with Gasteiger partial charge in [-0.05, 0) is 98.8 Å². The molecule has 1 heterocycles. The Morgan fingerprint density at radius 1 is 1.03 bits per heavy atom. The first-order chi connectivity index (χ1) is 17.2. The molecule has 3 aromatic carbocycles. The van der Waals surface area contributed by atoms with E-state index in [9.17, 15) is 23.2 Å². The summed E-state index contributed by atoms with van der Waals surface area (Å²) in [5.41, 5.74) is 1.27. The van der Waals surface area contributed by atoms with E-state index in [4.69, 9.17) is 4.74 Å². The third-order valence-electron chi connectivity index (χ3n) is 5.02. The summed E-state index contributed by atoms with van der Waals surface area (Å²) in [6.07, 6.45) is 1.50. The Hall–Kier alpha value is -3.07. The standard InChI is InChI=1S/C25H17F2I2N3O4/c26-16-5-3-4-14(8-16)13-36-23-18(28)9-15(10-19(23)29)11-21-24(34)32(25(35)31-21)12-22(33)30-20-7-2-1-6-17(20)27/h1-11H,12-13H2,(H,30,33)(H,31,35)/b21-11+. The third-order valence-corrected chi connectivity index (χ3v) is 6.62. The van der Waals surface area contributed by atoms with Crippen molar-refractivity contribution in [2.45, 2.75) is 6.61 Å². The first-order valence-corrected chi connectivity index (χ1v) is 12.6. The van der Waals surface area contributed by atoms with Gasteiger partial charge in [0.15, 0.2) is 0 Å². The summed E-state index contributed by atoms with van der Waals surface area (Å²) >= 11 is 4.18. The normalized spacial score (nSPS) is 14.2. The number of para-hydroxylation sites is 1. The minimum absolute atomic E-state index is 0.00118. The van der Waals surface area contributed by atoms with Crippen LogP contribution in [0.15, 0.2) is 66.4 Å². The monoisotopic (exact) mass is 715 g/mol. The van der Waals surface area contributed by atoms with Gasteiger partial charge in [-0.3, -0.25) is 9.59 Å². The second kappa shape index (κ2) is 11.3. The van der Waals surface area contributed by atoms with E-state index >= 15 is 0 Å². The van der Waals surface area contributed by atoms with Gasteiger partial charge in [0.1, 0.15) is 36.2 Å². The van der Waals surface area contributed by atoms with Gasteiger partial charge in [0.25, 0.3) is 5.91 Å². The van der Waals surface area contributed by atoms with Gasteiger partial charge in [-0.15, -0.1) is 0 Å². The summed E-state index contributed by atoms with van der Waals surface area (Å²) in [4.78, 5) is 38.1. The molecule has 0 unspecified atom stereocenters. The van der Waals surface area contributed by atoms with Gasteiger partial charge in [-0.1, -0.05) is 24.3 Å². The molecule has 0 radical (unpaired) electrons. The van der Waals surface area contributed by atoms with Crippen molar-refractivity contribution in [1.29, 1.82) is 0 Å². The van der Waals surface area contributed by atoms with Crippen LogP contribution in [0.25, 0.3) is 6.08 Å². The average molecular weight is 715 g/mol. The summed E-state index contributed by atoms with van der Waals surface area (Å²) in [6.45, 7) is -0.388. The fraction of sp³-hybridized carbons (Fsp3) is 0.0800. The molecule has 4 rings (SSSR count). The van der Waals surface area contributed by atoms with Crippen molar-refractivity contribution < 1.29 is 27.9 Å². The van der Waals surface area contributed by atoms with Crippen LogP contribution in [0.2, 0.25) is 0 Å². The van der Waals surface area contributed by atoms with E-state index in [-0.39, 0.29) is 23.8 Å². The topological polar surface area (TPSA) is 87.7 Å². The maximum atomic E-state index is 13.8. The fourth-order valence-corrected chi connectivity index (χ4v) is 5.49. The van der Waals surface area contributed by atoms with Crippen molar-refractivity contribution in [3.8, 4) is 5.75 Å². The minimum atomic E-state index is -0.755. The summed E-state index contributed by atoms with van der Waals surface area (Å²) < 4.78 is 34.5. The molecule has 0 bridgehead atoms. The molecule has 184 valence electrons. The highest BCUT2D eigenvalue weighted by Crippen LogP contribution is 2.31. The molecule has 7 nitrogen and oxygen atoms in total.